The maximum absolute atomic E-state index is 12.7. The molecule has 1 N–H and O–H groups in total. The maximum atomic E-state index is 12.7. The summed E-state index contributed by atoms with van der Waals surface area (Å²) in [6.45, 7) is 1.56. The van der Waals surface area contributed by atoms with Crippen LogP contribution in [0.15, 0.2) is 28.7 Å². The predicted molar refractivity (Wildman–Crippen MR) is 68.0 cm³/mol. The summed E-state index contributed by atoms with van der Waals surface area (Å²) in [5.41, 5.74) is -0.512. The number of benzene rings is 1. The molecule has 0 spiro atoms. The molecular formula is C12H8BrF3N2O2. The fraction of sp³-hybridized carbons (Fsp3) is 0.167. The zero-order valence-electron chi connectivity index (χ0n) is 10.1. The zero-order valence-corrected chi connectivity index (χ0v) is 11.7. The monoisotopic (exact) mass is 348 g/mol. The molecule has 0 atom stereocenters. The van der Waals surface area contributed by atoms with Crippen molar-refractivity contribution in [1.82, 2.24) is 9.78 Å². The van der Waals surface area contributed by atoms with Crippen LogP contribution in [0.5, 0.6) is 0 Å². The first-order valence-corrected chi connectivity index (χ1v) is 6.16. The Morgan fingerprint density at radius 1 is 1.35 bits per heavy atom. The van der Waals surface area contributed by atoms with E-state index >= 15 is 0 Å². The number of alkyl halides is 3. The van der Waals surface area contributed by atoms with Crippen LogP contribution in [0.25, 0.3) is 5.69 Å². The van der Waals surface area contributed by atoms with E-state index in [2.05, 4.69) is 21.0 Å². The van der Waals surface area contributed by atoms with Gasteiger partial charge in [0.15, 0.2) is 5.69 Å². The van der Waals surface area contributed by atoms with Crippen molar-refractivity contribution in [2.24, 2.45) is 0 Å². The number of carbonyl (C=O) groups is 1. The predicted octanol–water partition coefficient (Wildman–Crippen LogP) is 3.66. The average molecular weight is 349 g/mol. The van der Waals surface area contributed by atoms with Gasteiger partial charge >= 0.3 is 12.1 Å². The number of hydrogen-bond donors (Lipinski definition) is 1. The van der Waals surface area contributed by atoms with Crippen molar-refractivity contribution in [3.8, 4) is 5.69 Å². The van der Waals surface area contributed by atoms with E-state index in [0.717, 1.165) is 16.8 Å². The number of aromatic carboxylic acids is 1. The highest BCUT2D eigenvalue weighted by Crippen LogP contribution is 2.33. The Labute approximate surface area is 120 Å². The molecule has 0 unspecified atom stereocenters. The van der Waals surface area contributed by atoms with Gasteiger partial charge in [0.05, 0.1) is 11.3 Å². The quantitative estimate of drug-likeness (QED) is 0.900. The van der Waals surface area contributed by atoms with Crippen molar-refractivity contribution in [1.29, 1.82) is 0 Å². The highest BCUT2D eigenvalue weighted by molar-refractivity contribution is 9.10. The molecule has 20 heavy (non-hydrogen) atoms. The molecule has 0 amide bonds. The second kappa shape index (κ2) is 4.93. The largest absolute Gasteiger partial charge is 0.476 e. The molecule has 0 saturated heterocycles. The van der Waals surface area contributed by atoms with Gasteiger partial charge in [-0.25, -0.2) is 9.48 Å². The number of halogens is 4. The SMILES string of the molecule is Cc1cc(C(=O)O)nn1-c1cc(C(F)(F)F)ccc1Br. The van der Waals surface area contributed by atoms with Crippen molar-refractivity contribution in [2.75, 3.05) is 0 Å². The van der Waals surface area contributed by atoms with Crippen LogP contribution < -0.4 is 0 Å². The third-order valence-corrected chi connectivity index (χ3v) is 3.28. The molecule has 0 aliphatic carbocycles. The molecule has 8 heteroatoms. The second-order valence-electron chi connectivity index (χ2n) is 4.05. The van der Waals surface area contributed by atoms with Gasteiger partial charge in [-0.2, -0.15) is 18.3 Å². The molecule has 106 valence electrons. The van der Waals surface area contributed by atoms with Crippen LogP contribution in [0.1, 0.15) is 21.7 Å². The first kappa shape index (κ1) is 14.6. The van der Waals surface area contributed by atoms with Crippen LogP contribution in [0.4, 0.5) is 13.2 Å². The second-order valence-corrected chi connectivity index (χ2v) is 4.91. The minimum Gasteiger partial charge on any atom is -0.476 e. The van der Waals surface area contributed by atoms with Crippen molar-refractivity contribution < 1.29 is 23.1 Å². The molecule has 2 aromatic rings. The van der Waals surface area contributed by atoms with Crippen molar-refractivity contribution in [2.45, 2.75) is 13.1 Å². The third kappa shape index (κ3) is 2.69. The number of nitrogens with zero attached hydrogens (tertiary/aromatic N) is 2. The summed E-state index contributed by atoms with van der Waals surface area (Å²) in [6, 6.07) is 4.38. The lowest BCUT2D eigenvalue weighted by Gasteiger charge is -2.11. The lowest BCUT2D eigenvalue weighted by Crippen LogP contribution is -2.08. The highest BCUT2D eigenvalue weighted by atomic mass is 79.9. The summed E-state index contributed by atoms with van der Waals surface area (Å²) >= 11 is 3.14. The number of carboxylic acid groups (broad SMARTS) is 1. The molecule has 0 aliphatic rings. The molecule has 1 aromatic carbocycles. The van der Waals surface area contributed by atoms with Gasteiger partial charge in [-0.15, -0.1) is 0 Å². The van der Waals surface area contributed by atoms with E-state index in [0.29, 0.717) is 10.2 Å². The molecular weight excluding hydrogens is 341 g/mol. The minimum absolute atomic E-state index is 0.129. The molecule has 0 aliphatic heterocycles. The summed E-state index contributed by atoms with van der Waals surface area (Å²) in [4.78, 5) is 10.8. The van der Waals surface area contributed by atoms with Gasteiger partial charge in [-0.05, 0) is 47.1 Å². The number of hydrogen-bond acceptors (Lipinski definition) is 2. The molecule has 4 nitrogen and oxygen atoms in total. The Morgan fingerprint density at radius 2 is 2.00 bits per heavy atom. The van der Waals surface area contributed by atoms with Gasteiger partial charge in [0.1, 0.15) is 0 Å². The molecule has 0 saturated carbocycles. The van der Waals surface area contributed by atoms with E-state index in [1.165, 1.54) is 12.1 Å². The van der Waals surface area contributed by atoms with E-state index in [-0.39, 0.29) is 11.4 Å². The van der Waals surface area contributed by atoms with Gasteiger partial charge in [0, 0.05) is 10.2 Å². The van der Waals surface area contributed by atoms with Crippen LogP contribution in [-0.4, -0.2) is 20.9 Å². The number of aryl methyl sites for hydroxylation is 1. The molecule has 1 aromatic heterocycles. The van der Waals surface area contributed by atoms with Gasteiger partial charge in [-0.3, -0.25) is 0 Å². The van der Waals surface area contributed by atoms with Gasteiger partial charge in [0.2, 0.25) is 0 Å². The van der Waals surface area contributed by atoms with Gasteiger partial charge in [-0.1, -0.05) is 0 Å². The zero-order chi connectivity index (χ0) is 15.1. The van der Waals surface area contributed by atoms with Gasteiger partial charge in [0.25, 0.3) is 0 Å². The topological polar surface area (TPSA) is 55.1 Å². The maximum Gasteiger partial charge on any atom is 0.416 e. The van der Waals surface area contributed by atoms with Crippen molar-refractivity contribution >= 4 is 21.9 Å². The summed E-state index contributed by atoms with van der Waals surface area (Å²) in [7, 11) is 0. The smallest absolute Gasteiger partial charge is 0.416 e. The van der Waals surface area contributed by atoms with E-state index in [1.54, 1.807) is 6.92 Å². The molecule has 1 heterocycles. The van der Waals surface area contributed by atoms with Crippen LogP contribution in [0, 0.1) is 6.92 Å². The minimum atomic E-state index is -4.48. The molecule has 2 rings (SSSR count). The lowest BCUT2D eigenvalue weighted by molar-refractivity contribution is -0.137. The number of rotatable bonds is 2. The molecule has 0 radical (unpaired) electrons. The number of carboxylic acids is 1. The van der Waals surface area contributed by atoms with Crippen LogP contribution in [0.3, 0.4) is 0 Å². The average Bonchev–Trinajstić information content (AvgIpc) is 2.70. The highest BCUT2D eigenvalue weighted by Gasteiger charge is 2.31. The van der Waals surface area contributed by atoms with E-state index in [4.69, 9.17) is 5.11 Å². The van der Waals surface area contributed by atoms with Crippen LogP contribution in [0.2, 0.25) is 0 Å². The Hall–Kier alpha value is -1.83. The Balaban J connectivity index is 2.60. The van der Waals surface area contributed by atoms with E-state index < -0.39 is 17.7 Å². The fourth-order valence-electron chi connectivity index (χ4n) is 1.67. The Bertz CT molecular complexity index is 680. The summed E-state index contributed by atoms with van der Waals surface area (Å²) in [5.74, 6) is -1.24. The fourth-order valence-corrected chi connectivity index (χ4v) is 2.09. The summed E-state index contributed by atoms with van der Waals surface area (Å²) in [6.07, 6.45) is -4.48. The van der Waals surface area contributed by atoms with Crippen molar-refractivity contribution in [3.63, 3.8) is 0 Å². The summed E-state index contributed by atoms with van der Waals surface area (Å²) in [5, 5.41) is 12.6. The van der Waals surface area contributed by atoms with Crippen LogP contribution >= 0.6 is 15.9 Å². The summed E-state index contributed by atoms with van der Waals surface area (Å²) < 4.78 is 39.7. The Morgan fingerprint density at radius 3 is 2.50 bits per heavy atom. The van der Waals surface area contributed by atoms with Gasteiger partial charge < -0.3 is 5.11 Å². The van der Waals surface area contributed by atoms with E-state index in [9.17, 15) is 18.0 Å². The first-order valence-electron chi connectivity index (χ1n) is 5.37. The molecule has 0 bridgehead atoms. The van der Waals surface area contributed by atoms with Crippen LogP contribution in [-0.2, 0) is 6.18 Å². The standard InChI is InChI=1S/C12H8BrF3N2O2/c1-6-4-9(11(19)20)17-18(6)10-5-7(12(14,15)16)2-3-8(10)13/h2-5H,1H3,(H,19,20). The van der Waals surface area contributed by atoms with E-state index in [1.807, 2.05) is 0 Å². The third-order valence-electron chi connectivity index (χ3n) is 2.61. The molecule has 0 fully saturated rings. The normalized spacial score (nSPS) is 11.7. The number of aromatic nitrogens is 2. The van der Waals surface area contributed by atoms with Crippen molar-refractivity contribution in [3.05, 3.63) is 45.7 Å². The Kier molecular flexibility index (Phi) is 3.59. The lowest BCUT2D eigenvalue weighted by atomic mass is 10.2. The first-order chi connectivity index (χ1) is 9.20.